The quantitative estimate of drug-likeness (QED) is 0.838. The highest BCUT2D eigenvalue weighted by atomic mass is 79.9. The van der Waals surface area contributed by atoms with E-state index in [9.17, 15) is 12.8 Å². The van der Waals surface area contributed by atoms with Crippen LogP contribution in [0.3, 0.4) is 0 Å². The van der Waals surface area contributed by atoms with Crippen molar-refractivity contribution in [2.75, 3.05) is 10.6 Å². The van der Waals surface area contributed by atoms with Crippen LogP contribution >= 0.6 is 15.9 Å². The molecule has 0 saturated carbocycles. The molecule has 0 heterocycles. The van der Waals surface area contributed by atoms with Crippen LogP contribution in [0, 0.1) is 5.82 Å². The Morgan fingerprint density at radius 2 is 1.80 bits per heavy atom. The fraction of sp³-hybridized carbons (Fsp3) is 0.143. The number of rotatable bonds is 4. The van der Waals surface area contributed by atoms with Crippen molar-refractivity contribution >= 4 is 31.6 Å². The molecule has 0 fully saturated rings. The molecule has 0 atom stereocenters. The first-order valence-corrected chi connectivity index (χ1v) is 8.48. The summed E-state index contributed by atoms with van der Waals surface area (Å²) in [7, 11) is -3.49. The van der Waals surface area contributed by atoms with E-state index in [1.807, 2.05) is 24.3 Å². The van der Waals surface area contributed by atoms with Crippen LogP contribution in [0.2, 0.25) is 0 Å². The van der Waals surface area contributed by atoms with E-state index in [1.165, 1.54) is 22.5 Å². The molecule has 2 aromatic rings. The highest BCUT2D eigenvalue weighted by Gasteiger charge is 2.18. The molecule has 0 saturated heterocycles. The second-order valence-electron chi connectivity index (χ2n) is 4.38. The Hall–Kier alpha value is -1.40. The number of anilines is 1. The third kappa shape index (κ3) is 3.80. The molecule has 0 unspecified atom stereocenters. The molecule has 0 aromatic heterocycles. The van der Waals surface area contributed by atoms with E-state index >= 15 is 0 Å². The van der Waals surface area contributed by atoms with Gasteiger partial charge in [0.1, 0.15) is 5.82 Å². The van der Waals surface area contributed by atoms with Gasteiger partial charge < -0.3 is 0 Å². The van der Waals surface area contributed by atoms with Crippen LogP contribution in [0.15, 0.2) is 53.0 Å². The summed E-state index contributed by atoms with van der Waals surface area (Å²) in [6.45, 7) is 0.162. The van der Waals surface area contributed by atoms with E-state index < -0.39 is 15.8 Å². The summed E-state index contributed by atoms with van der Waals surface area (Å²) in [5.74, 6) is -0.466. The van der Waals surface area contributed by atoms with Gasteiger partial charge in [-0.1, -0.05) is 34.1 Å². The largest absolute Gasteiger partial charge is 0.266 e. The minimum atomic E-state index is -3.49. The van der Waals surface area contributed by atoms with E-state index in [2.05, 4.69) is 15.9 Å². The standard InChI is InChI=1S/C14H13BrFNO2S/c1-20(18,19)17(14-4-2-3-13(16)9-14)10-11-5-7-12(15)8-6-11/h2-9H,10H2,1H3. The summed E-state index contributed by atoms with van der Waals surface area (Å²) >= 11 is 3.32. The van der Waals surface area contributed by atoms with Crippen molar-refractivity contribution in [1.82, 2.24) is 0 Å². The number of nitrogens with zero attached hydrogens (tertiary/aromatic N) is 1. The van der Waals surface area contributed by atoms with Gasteiger partial charge in [0.2, 0.25) is 10.0 Å². The first kappa shape index (κ1) is 15.0. The Labute approximate surface area is 126 Å². The zero-order chi connectivity index (χ0) is 14.8. The molecule has 6 heteroatoms. The van der Waals surface area contributed by atoms with Crippen LogP contribution in [-0.2, 0) is 16.6 Å². The molecule has 0 amide bonds. The first-order valence-electron chi connectivity index (χ1n) is 5.84. The Kier molecular flexibility index (Phi) is 4.45. The molecular weight excluding hydrogens is 345 g/mol. The van der Waals surface area contributed by atoms with Gasteiger partial charge in [-0.25, -0.2) is 12.8 Å². The van der Waals surface area contributed by atoms with Crippen molar-refractivity contribution in [3.63, 3.8) is 0 Å². The lowest BCUT2D eigenvalue weighted by atomic mass is 10.2. The Bertz CT molecular complexity index is 701. The summed E-state index contributed by atoms with van der Waals surface area (Å²) in [5.41, 5.74) is 1.14. The van der Waals surface area contributed by atoms with E-state index in [0.717, 1.165) is 16.3 Å². The van der Waals surface area contributed by atoms with Gasteiger partial charge in [-0.05, 0) is 35.9 Å². The number of sulfonamides is 1. The molecule has 0 aliphatic rings. The van der Waals surface area contributed by atoms with Gasteiger partial charge in [-0.15, -0.1) is 0 Å². The maximum atomic E-state index is 13.3. The lowest BCUT2D eigenvalue weighted by molar-refractivity contribution is 0.595. The van der Waals surface area contributed by atoms with Gasteiger partial charge in [0.25, 0.3) is 0 Å². The zero-order valence-electron chi connectivity index (χ0n) is 10.8. The SMILES string of the molecule is CS(=O)(=O)N(Cc1ccc(Br)cc1)c1cccc(F)c1. The van der Waals surface area contributed by atoms with E-state index in [-0.39, 0.29) is 6.54 Å². The van der Waals surface area contributed by atoms with Crippen LogP contribution in [-0.4, -0.2) is 14.7 Å². The molecule has 0 radical (unpaired) electrons. The van der Waals surface area contributed by atoms with E-state index in [0.29, 0.717) is 5.69 Å². The van der Waals surface area contributed by atoms with E-state index in [4.69, 9.17) is 0 Å². The third-order valence-electron chi connectivity index (χ3n) is 2.74. The lowest BCUT2D eigenvalue weighted by Gasteiger charge is -2.22. The van der Waals surface area contributed by atoms with Gasteiger partial charge in [-0.2, -0.15) is 0 Å². The lowest BCUT2D eigenvalue weighted by Crippen LogP contribution is -2.29. The van der Waals surface area contributed by atoms with Crippen LogP contribution in [0.1, 0.15) is 5.56 Å². The minimum absolute atomic E-state index is 0.162. The number of hydrogen-bond donors (Lipinski definition) is 0. The van der Waals surface area contributed by atoms with E-state index in [1.54, 1.807) is 6.07 Å². The molecule has 3 nitrogen and oxygen atoms in total. The van der Waals surface area contributed by atoms with Crippen molar-refractivity contribution in [2.24, 2.45) is 0 Å². The molecule has 2 aromatic carbocycles. The number of halogens is 2. The number of hydrogen-bond acceptors (Lipinski definition) is 2. The fourth-order valence-corrected chi connectivity index (χ4v) is 2.93. The maximum absolute atomic E-state index is 13.3. The van der Waals surface area contributed by atoms with Crippen LogP contribution in [0.25, 0.3) is 0 Å². The molecule has 0 N–H and O–H groups in total. The molecule has 106 valence electrons. The van der Waals surface area contributed by atoms with Gasteiger partial charge in [0.15, 0.2) is 0 Å². The topological polar surface area (TPSA) is 37.4 Å². The average Bonchev–Trinajstić information content (AvgIpc) is 2.36. The first-order chi connectivity index (χ1) is 9.36. The second kappa shape index (κ2) is 5.93. The molecule has 20 heavy (non-hydrogen) atoms. The maximum Gasteiger partial charge on any atom is 0.232 e. The molecule has 0 spiro atoms. The summed E-state index contributed by atoms with van der Waals surface area (Å²) in [5, 5.41) is 0. The molecular formula is C14H13BrFNO2S. The molecule has 0 aliphatic carbocycles. The number of benzene rings is 2. The van der Waals surface area contributed by atoms with Crippen molar-refractivity contribution in [3.8, 4) is 0 Å². The molecule has 0 bridgehead atoms. The van der Waals surface area contributed by atoms with Crippen LogP contribution < -0.4 is 4.31 Å². The summed E-state index contributed by atoms with van der Waals surface area (Å²) in [6.07, 6.45) is 1.11. The van der Waals surface area contributed by atoms with Crippen molar-refractivity contribution in [2.45, 2.75) is 6.54 Å². The average molecular weight is 358 g/mol. The zero-order valence-corrected chi connectivity index (χ0v) is 13.2. The third-order valence-corrected chi connectivity index (χ3v) is 4.41. The van der Waals surface area contributed by atoms with Crippen molar-refractivity contribution < 1.29 is 12.8 Å². The van der Waals surface area contributed by atoms with Gasteiger partial charge in [0.05, 0.1) is 18.5 Å². The highest BCUT2D eigenvalue weighted by molar-refractivity contribution is 9.10. The van der Waals surface area contributed by atoms with Crippen LogP contribution in [0.5, 0.6) is 0 Å². The Morgan fingerprint density at radius 1 is 1.15 bits per heavy atom. The Morgan fingerprint density at radius 3 is 2.35 bits per heavy atom. The van der Waals surface area contributed by atoms with Gasteiger partial charge >= 0.3 is 0 Å². The minimum Gasteiger partial charge on any atom is -0.266 e. The van der Waals surface area contributed by atoms with Gasteiger partial charge in [0, 0.05) is 4.47 Å². The summed E-state index contributed by atoms with van der Waals surface area (Å²) in [6, 6.07) is 12.9. The normalized spacial score (nSPS) is 11.3. The predicted octanol–water partition coefficient (Wildman–Crippen LogP) is 3.55. The van der Waals surface area contributed by atoms with Crippen LogP contribution in [0.4, 0.5) is 10.1 Å². The smallest absolute Gasteiger partial charge is 0.232 e. The molecule has 0 aliphatic heterocycles. The van der Waals surface area contributed by atoms with Crippen molar-refractivity contribution in [3.05, 3.63) is 64.4 Å². The monoisotopic (exact) mass is 357 g/mol. The second-order valence-corrected chi connectivity index (χ2v) is 7.20. The highest BCUT2D eigenvalue weighted by Crippen LogP contribution is 2.22. The molecule has 2 rings (SSSR count). The van der Waals surface area contributed by atoms with Crippen molar-refractivity contribution in [1.29, 1.82) is 0 Å². The fourth-order valence-electron chi connectivity index (χ4n) is 1.79. The Balaban J connectivity index is 2.37. The predicted molar refractivity (Wildman–Crippen MR) is 81.6 cm³/mol. The summed E-state index contributed by atoms with van der Waals surface area (Å²) in [4.78, 5) is 0. The summed E-state index contributed by atoms with van der Waals surface area (Å²) < 4.78 is 39.2. The van der Waals surface area contributed by atoms with Gasteiger partial charge in [-0.3, -0.25) is 4.31 Å².